The van der Waals surface area contributed by atoms with Crippen LogP contribution < -0.4 is 10.0 Å². The minimum atomic E-state index is 0.791. The standard InChI is InChI=1S/C9H12N2O/c1-10-6-2-4-9-5-3-7-11(12)8-9/h2-5,7-8,10H,6H2,1H3. The van der Waals surface area contributed by atoms with E-state index in [0.717, 1.165) is 16.8 Å². The minimum Gasteiger partial charge on any atom is -0.619 e. The lowest BCUT2D eigenvalue weighted by Gasteiger charge is -1.95. The van der Waals surface area contributed by atoms with Crippen molar-refractivity contribution in [2.45, 2.75) is 0 Å². The molecule has 1 aromatic heterocycles. The van der Waals surface area contributed by atoms with Crippen molar-refractivity contribution in [3.63, 3.8) is 0 Å². The summed E-state index contributed by atoms with van der Waals surface area (Å²) >= 11 is 0. The SMILES string of the molecule is CNCC=Cc1ccc[n+]([O-])c1. The van der Waals surface area contributed by atoms with Gasteiger partial charge < -0.3 is 10.5 Å². The van der Waals surface area contributed by atoms with E-state index in [2.05, 4.69) is 5.32 Å². The Bertz CT molecular complexity index is 271. The molecule has 3 nitrogen and oxygen atoms in total. The zero-order chi connectivity index (χ0) is 8.81. The van der Waals surface area contributed by atoms with Crippen LogP contribution >= 0.6 is 0 Å². The van der Waals surface area contributed by atoms with E-state index in [-0.39, 0.29) is 0 Å². The average Bonchev–Trinajstić information content (AvgIpc) is 2.05. The van der Waals surface area contributed by atoms with E-state index in [4.69, 9.17) is 0 Å². The molecule has 0 radical (unpaired) electrons. The number of nitrogens with zero attached hydrogens (tertiary/aromatic N) is 1. The van der Waals surface area contributed by atoms with Gasteiger partial charge in [0.1, 0.15) is 0 Å². The Morgan fingerprint density at radius 1 is 1.67 bits per heavy atom. The molecule has 0 fully saturated rings. The molecule has 0 saturated carbocycles. The van der Waals surface area contributed by atoms with Crippen molar-refractivity contribution in [1.82, 2.24) is 5.32 Å². The van der Waals surface area contributed by atoms with Crippen molar-refractivity contribution < 1.29 is 4.73 Å². The van der Waals surface area contributed by atoms with E-state index in [1.807, 2.05) is 25.3 Å². The second-order valence-corrected chi connectivity index (χ2v) is 2.46. The van der Waals surface area contributed by atoms with E-state index in [9.17, 15) is 5.21 Å². The average molecular weight is 164 g/mol. The summed E-state index contributed by atoms with van der Waals surface area (Å²) in [7, 11) is 1.88. The third kappa shape index (κ3) is 2.72. The van der Waals surface area contributed by atoms with Gasteiger partial charge in [0.2, 0.25) is 0 Å². The molecule has 64 valence electrons. The topological polar surface area (TPSA) is 39.0 Å². The zero-order valence-electron chi connectivity index (χ0n) is 7.03. The fraction of sp³-hybridized carbons (Fsp3) is 0.222. The van der Waals surface area contributed by atoms with Gasteiger partial charge in [0.15, 0.2) is 12.4 Å². The second-order valence-electron chi connectivity index (χ2n) is 2.46. The van der Waals surface area contributed by atoms with E-state index in [0.29, 0.717) is 0 Å². The summed E-state index contributed by atoms with van der Waals surface area (Å²) in [6.45, 7) is 0.813. The predicted molar refractivity (Wildman–Crippen MR) is 48.4 cm³/mol. The highest BCUT2D eigenvalue weighted by Crippen LogP contribution is 1.96. The van der Waals surface area contributed by atoms with Gasteiger partial charge in [-0.3, -0.25) is 0 Å². The van der Waals surface area contributed by atoms with Crippen molar-refractivity contribution in [3.8, 4) is 0 Å². The van der Waals surface area contributed by atoms with Crippen LogP contribution in [0.2, 0.25) is 0 Å². The van der Waals surface area contributed by atoms with Crippen LogP contribution in [0.15, 0.2) is 30.6 Å². The molecule has 0 aliphatic carbocycles. The molecule has 0 aliphatic heterocycles. The van der Waals surface area contributed by atoms with E-state index in [1.54, 1.807) is 6.07 Å². The fourth-order valence-corrected chi connectivity index (χ4v) is 0.883. The number of rotatable bonds is 3. The molecule has 0 bridgehead atoms. The maximum absolute atomic E-state index is 10.8. The van der Waals surface area contributed by atoms with Crippen molar-refractivity contribution in [2.24, 2.45) is 0 Å². The summed E-state index contributed by atoms with van der Waals surface area (Å²) in [6.07, 6.45) is 6.88. The zero-order valence-corrected chi connectivity index (χ0v) is 7.03. The first kappa shape index (κ1) is 8.74. The Morgan fingerprint density at radius 2 is 2.50 bits per heavy atom. The van der Waals surface area contributed by atoms with Gasteiger partial charge in [0.25, 0.3) is 0 Å². The van der Waals surface area contributed by atoms with Crippen LogP contribution in [0.3, 0.4) is 0 Å². The van der Waals surface area contributed by atoms with E-state index in [1.165, 1.54) is 12.4 Å². The molecular weight excluding hydrogens is 152 g/mol. The first-order valence-corrected chi connectivity index (χ1v) is 3.83. The molecule has 0 unspecified atom stereocenters. The van der Waals surface area contributed by atoms with Crippen LogP contribution in [0.4, 0.5) is 0 Å². The van der Waals surface area contributed by atoms with Crippen LogP contribution in [0.1, 0.15) is 5.56 Å². The third-order valence-corrected chi connectivity index (χ3v) is 1.43. The minimum absolute atomic E-state index is 0.791. The Morgan fingerprint density at radius 3 is 3.17 bits per heavy atom. The second kappa shape index (κ2) is 4.51. The molecule has 1 rings (SSSR count). The van der Waals surface area contributed by atoms with Gasteiger partial charge in [0, 0.05) is 18.2 Å². The molecule has 1 N–H and O–H groups in total. The van der Waals surface area contributed by atoms with Crippen molar-refractivity contribution in [3.05, 3.63) is 41.4 Å². The Balaban J connectivity index is 2.63. The number of aromatic nitrogens is 1. The smallest absolute Gasteiger partial charge is 0.187 e. The summed E-state index contributed by atoms with van der Waals surface area (Å²) in [5.74, 6) is 0. The molecule has 0 saturated heterocycles. The summed E-state index contributed by atoms with van der Waals surface area (Å²) in [5.41, 5.74) is 0.919. The van der Waals surface area contributed by atoms with Gasteiger partial charge in [-0.25, -0.2) is 0 Å². The third-order valence-electron chi connectivity index (χ3n) is 1.43. The van der Waals surface area contributed by atoms with Crippen LogP contribution in [0.5, 0.6) is 0 Å². The molecule has 0 amide bonds. The van der Waals surface area contributed by atoms with Crippen molar-refractivity contribution in [2.75, 3.05) is 13.6 Å². The van der Waals surface area contributed by atoms with Crippen LogP contribution in [0.25, 0.3) is 6.08 Å². The lowest BCUT2D eigenvalue weighted by atomic mass is 10.2. The summed E-state index contributed by atoms with van der Waals surface area (Å²) in [5, 5.41) is 13.8. The summed E-state index contributed by atoms with van der Waals surface area (Å²) < 4.78 is 0.791. The Labute approximate surface area is 71.9 Å². The lowest BCUT2D eigenvalue weighted by molar-refractivity contribution is -0.605. The summed E-state index contributed by atoms with van der Waals surface area (Å²) in [4.78, 5) is 0. The van der Waals surface area contributed by atoms with Crippen molar-refractivity contribution >= 4 is 6.08 Å². The molecule has 3 heteroatoms. The molecule has 0 atom stereocenters. The first-order valence-electron chi connectivity index (χ1n) is 3.83. The normalized spacial score (nSPS) is 10.8. The van der Waals surface area contributed by atoms with Gasteiger partial charge in [-0.15, -0.1) is 0 Å². The Hall–Kier alpha value is -1.35. The van der Waals surface area contributed by atoms with Gasteiger partial charge in [0.05, 0.1) is 0 Å². The largest absolute Gasteiger partial charge is 0.619 e. The highest BCUT2D eigenvalue weighted by Gasteiger charge is 1.89. The molecular formula is C9H12N2O. The van der Waals surface area contributed by atoms with Crippen molar-refractivity contribution in [1.29, 1.82) is 0 Å². The quantitative estimate of drug-likeness (QED) is 0.523. The summed E-state index contributed by atoms with van der Waals surface area (Å²) in [6, 6.07) is 3.62. The van der Waals surface area contributed by atoms with Gasteiger partial charge >= 0.3 is 0 Å². The fourth-order valence-electron chi connectivity index (χ4n) is 0.883. The highest BCUT2D eigenvalue weighted by atomic mass is 16.5. The van der Waals surface area contributed by atoms with Crippen LogP contribution in [-0.2, 0) is 0 Å². The van der Waals surface area contributed by atoms with Gasteiger partial charge in [-0.05, 0) is 13.1 Å². The number of hydrogen-bond donors (Lipinski definition) is 1. The maximum Gasteiger partial charge on any atom is 0.187 e. The molecule has 12 heavy (non-hydrogen) atoms. The first-order chi connectivity index (χ1) is 5.83. The molecule has 0 spiro atoms. The lowest BCUT2D eigenvalue weighted by Crippen LogP contribution is -2.24. The van der Waals surface area contributed by atoms with E-state index < -0.39 is 0 Å². The number of pyridine rings is 1. The molecule has 0 aromatic carbocycles. The Kier molecular flexibility index (Phi) is 3.29. The highest BCUT2D eigenvalue weighted by molar-refractivity contribution is 5.46. The van der Waals surface area contributed by atoms with Crippen LogP contribution in [0, 0.1) is 5.21 Å². The predicted octanol–water partition coefficient (Wildman–Crippen LogP) is 0.553. The number of nitrogens with one attached hydrogen (secondary N) is 1. The molecule has 1 aromatic rings. The maximum atomic E-state index is 10.8. The monoisotopic (exact) mass is 164 g/mol. The molecule has 0 aliphatic rings. The molecule has 1 heterocycles. The van der Waals surface area contributed by atoms with E-state index >= 15 is 0 Å². The number of likely N-dealkylation sites (N-methyl/N-ethyl adjacent to an activating group) is 1. The van der Waals surface area contributed by atoms with Gasteiger partial charge in [-0.2, -0.15) is 4.73 Å². The van der Waals surface area contributed by atoms with Crippen LogP contribution in [-0.4, -0.2) is 13.6 Å². The number of hydrogen-bond acceptors (Lipinski definition) is 2. The van der Waals surface area contributed by atoms with Gasteiger partial charge in [-0.1, -0.05) is 12.2 Å².